The quantitative estimate of drug-likeness (QED) is 0.879. The van der Waals surface area contributed by atoms with Crippen LogP contribution in [0.5, 0.6) is 0 Å². The van der Waals surface area contributed by atoms with Crippen LogP contribution in [0.2, 0.25) is 0 Å². The highest BCUT2D eigenvalue weighted by Crippen LogP contribution is 2.22. The minimum Gasteiger partial charge on any atom is -0.399 e. The third-order valence-corrected chi connectivity index (χ3v) is 4.62. The molecule has 0 aliphatic rings. The second-order valence-electron chi connectivity index (χ2n) is 4.41. The average molecular weight is 279 g/mol. The van der Waals surface area contributed by atoms with Crippen molar-refractivity contribution in [2.45, 2.75) is 17.6 Å². The van der Waals surface area contributed by atoms with Crippen molar-refractivity contribution in [1.82, 2.24) is 0 Å². The highest BCUT2D eigenvalue weighted by Gasteiger charge is 2.18. The van der Waals surface area contributed by atoms with Crippen molar-refractivity contribution in [3.63, 3.8) is 0 Å². The molecule has 2 N–H and O–H groups in total. The molecule has 0 bridgehead atoms. The largest absolute Gasteiger partial charge is 0.399 e. The first kappa shape index (κ1) is 13.5. The predicted molar refractivity (Wildman–Crippen MR) is 72.9 cm³/mol. The van der Waals surface area contributed by atoms with Crippen LogP contribution in [0.4, 0.5) is 10.1 Å². The van der Waals surface area contributed by atoms with Crippen molar-refractivity contribution >= 4 is 15.5 Å². The lowest BCUT2D eigenvalue weighted by Gasteiger charge is -2.09. The van der Waals surface area contributed by atoms with Gasteiger partial charge in [0.15, 0.2) is 9.84 Å². The zero-order chi connectivity index (χ0) is 14.0. The zero-order valence-electron chi connectivity index (χ0n) is 10.4. The fourth-order valence-corrected chi connectivity index (χ4v) is 3.52. The van der Waals surface area contributed by atoms with Crippen LogP contribution >= 0.6 is 0 Å². The van der Waals surface area contributed by atoms with Gasteiger partial charge in [0, 0.05) is 5.69 Å². The van der Waals surface area contributed by atoms with E-state index >= 15 is 0 Å². The highest BCUT2D eigenvalue weighted by atomic mass is 32.2. The molecule has 0 saturated carbocycles. The lowest BCUT2D eigenvalue weighted by molar-refractivity contribution is 0.594. The Morgan fingerprint density at radius 3 is 2.58 bits per heavy atom. The smallest absolute Gasteiger partial charge is 0.182 e. The van der Waals surface area contributed by atoms with Crippen LogP contribution in [-0.2, 0) is 15.6 Å². The fraction of sp³-hybridized carbons (Fsp3) is 0.143. The number of benzene rings is 2. The molecular formula is C14H14FNO2S. The van der Waals surface area contributed by atoms with Crippen molar-refractivity contribution in [2.75, 3.05) is 5.73 Å². The molecular weight excluding hydrogens is 265 g/mol. The van der Waals surface area contributed by atoms with E-state index in [1.165, 1.54) is 24.3 Å². The summed E-state index contributed by atoms with van der Waals surface area (Å²) in [4.78, 5) is 0.191. The Labute approximate surface area is 111 Å². The summed E-state index contributed by atoms with van der Waals surface area (Å²) in [6, 6.07) is 10.3. The van der Waals surface area contributed by atoms with Crippen LogP contribution in [0.1, 0.15) is 11.1 Å². The van der Waals surface area contributed by atoms with Gasteiger partial charge in [-0.25, -0.2) is 12.8 Å². The van der Waals surface area contributed by atoms with Crippen molar-refractivity contribution in [3.8, 4) is 0 Å². The fourth-order valence-electron chi connectivity index (χ4n) is 1.88. The Morgan fingerprint density at radius 1 is 1.16 bits per heavy atom. The maximum Gasteiger partial charge on any atom is 0.182 e. The van der Waals surface area contributed by atoms with Gasteiger partial charge in [-0.1, -0.05) is 18.2 Å². The van der Waals surface area contributed by atoms with Crippen molar-refractivity contribution in [3.05, 3.63) is 59.4 Å². The number of halogens is 1. The molecule has 0 radical (unpaired) electrons. The molecule has 2 rings (SSSR count). The number of nitrogen functional groups attached to an aromatic ring is 1. The first-order chi connectivity index (χ1) is 8.88. The van der Waals surface area contributed by atoms with Crippen LogP contribution in [0, 0.1) is 12.7 Å². The lowest BCUT2D eigenvalue weighted by atomic mass is 10.2. The third-order valence-electron chi connectivity index (χ3n) is 2.79. The standard InChI is InChI=1S/C14H14FNO2S/c1-10-5-6-13(16)8-14(10)19(17,18)9-11-3-2-4-12(15)7-11/h2-8H,9,16H2,1H3. The van der Waals surface area contributed by atoms with E-state index in [-0.39, 0.29) is 10.6 Å². The van der Waals surface area contributed by atoms with Gasteiger partial charge >= 0.3 is 0 Å². The highest BCUT2D eigenvalue weighted by molar-refractivity contribution is 7.90. The van der Waals surface area contributed by atoms with E-state index in [1.807, 2.05) is 0 Å². The first-order valence-corrected chi connectivity index (χ1v) is 7.37. The Balaban J connectivity index is 2.40. The molecule has 2 aromatic carbocycles. The molecule has 0 fully saturated rings. The summed E-state index contributed by atoms with van der Waals surface area (Å²) in [7, 11) is -3.53. The molecule has 19 heavy (non-hydrogen) atoms. The summed E-state index contributed by atoms with van der Waals surface area (Å²) in [5.74, 6) is -0.688. The summed E-state index contributed by atoms with van der Waals surface area (Å²) in [6.45, 7) is 1.71. The van der Waals surface area contributed by atoms with Crippen LogP contribution in [0.3, 0.4) is 0 Å². The molecule has 5 heteroatoms. The molecule has 0 unspecified atom stereocenters. The SMILES string of the molecule is Cc1ccc(N)cc1S(=O)(=O)Cc1cccc(F)c1. The van der Waals surface area contributed by atoms with Gasteiger partial charge in [-0.3, -0.25) is 0 Å². The van der Waals surface area contributed by atoms with Crippen LogP contribution < -0.4 is 5.73 Å². The molecule has 0 atom stereocenters. The molecule has 0 aromatic heterocycles. The minimum absolute atomic E-state index is 0.191. The number of hydrogen-bond donors (Lipinski definition) is 1. The number of rotatable bonds is 3. The molecule has 100 valence electrons. The van der Waals surface area contributed by atoms with Gasteiger partial charge in [-0.15, -0.1) is 0 Å². The van der Waals surface area contributed by atoms with Crippen LogP contribution in [0.25, 0.3) is 0 Å². The molecule has 0 aliphatic carbocycles. The molecule has 0 spiro atoms. The predicted octanol–water partition coefficient (Wildman–Crippen LogP) is 2.69. The Morgan fingerprint density at radius 2 is 1.89 bits per heavy atom. The van der Waals surface area contributed by atoms with Gasteiger partial charge in [-0.05, 0) is 42.3 Å². The third kappa shape index (κ3) is 3.12. The van der Waals surface area contributed by atoms with E-state index in [0.717, 1.165) is 0 Å². The monoisotopic (exact) mass is 279 g/mol. The summed E-state index contributed by atoms with van der Waals surface area (Å²) >= 11 is 0. The van der Waals surface area contributed by atoms with E-state index in [2.05, 4.69) is 0 Å². The summed E-state index contributed by atoms with van der Waals surface area (Å²) in [5.41, 5.74) is 7.06. The molecule has 0 saturated heterocycles. The second kappa shape index (κ2) is 5.01. The minimum atomic E-state index is -3.53. The van der Waals surface area contributed by atoms with Crippen LogP contribution in [-0.4, -0.2) is 8.42 Å². The van der Waals surface area contributed by atoms with E-state index in [9.17, 15) is 12.8 Å². The summed E-state index contributed by atoms with van der Waals surface area (Å²) in [5, 5.41) is 0. The van der Waals surface area contributed by atoms with Crippen molar-refractivity contribution in [1.29, 1.82) is 0 Å². The topological polar surface area (TPSA) is 60.2 Å². The Hall–Kier alpha value is -1.88. The number of sulfone groups is 1. The Kier molecular flexibility index (Phi) is 3.57. The molecule has 0 heterocycles. The lowest BCUT2D eigenvalue weighted by Crippen LogP contribution is -2.07. The summed E-state index contributed by atoms with van der Waals surface area (Å²) in [6.07, 6.45) is 0. The van der Waals surface area contributed by atoms with E-state index in [1.54, 1.807) is 25.1 Å². The number of aryl methyl sites for hydroxylation is 1. The maximum atomic E-state index is 13.1. The van der Waals surface area contributed by atoms with Gasteiger partial charge in [0.2, 0.25) is 0 Å². The molecule has 2 aromatic rings. The number of anilines is 1. The van der Waals surface area contributed by atoms with Gasteiger partial charge in [0.25, 0.3) is 0 Å². The molecule has 3 nitrogen and oxygen atoms in total. The molecule has 0 aliphatic heterocycles. The molecule has 0 amide bonds. The second-order valence-corrected chi connectivity index (χ2v) is 6.37. The zero-order valence-corrected chi connectivity index (χ0v) is 11.2. The summed E-state index contributed by atoms with van der Waals surface area (Å²) < 4.78 is 37.7. The number of nitrogens with two attached hydrogens (primary N) is 1. The van der Waals surface area contributed by atoms with Gasteiger partial charge in [-0.2, -0.15) is 0 Å². The van der Waals surface area contributed by atoms with E-state index in [0.29, 0.717) is 16.8 Å². The van der Waals surface area contributed by atoms with E-state index in [4.69, 9.17) is 5.73 Å². The Bertz CT molecular complexity index is 711. The average Bonchev–Trinajstić information content (AvgIpc) is 2.31. The van der Waals surface area contributed by atoms with Crippen molar-refractivity contribution < 1.29 is 12.8 Å². The van der Waals surface area contributed by atoms with Crippen LogP contribution in [0.15, 0.2) is 47.4 Å². The maximum absolute atomic E-state index is 13.1. The van der Waals surface area contributed by atoms with Gasteiger partial charge in [0.05, 0.1) is 10.6 Å². The van der Waals surface area contributed by atoms with E-state index < -0.39 is 15.7 Å². The van der Waals surface area contributed by atoms with Crippen molar-refractivity contribution in [2.24, 2.45) is 0 Å². The first-order valence-electron chi connectivity index (χ1n) is 5.72. The van der Waals surface area contributed by atoms with Gasteiger partial charge in [0.1, 0.15) is 5.82 Å². The normalized spacial score (nSPS) is 11.5. The van der Waals surface area contributed by atoms with Gasteiger partial charge < -0.3 is 5.73 Å². The number of hydrogen-bond acceptors (Lipinski definition) is 3.